The van der Waals surface area contributed by atoms with Gasteiger partial charge in [-0.05, 0) is 24.8 Å². The second kappa shape index (κ2) is 4.60. The van der Waals surface area contributed by atoms with E-state index in [4.69, 9.17) is 0 Å². The average Bonchev–Trinajstić information content (AvgIpc) is 2.84. The molecule has 0 bridgehead atoms. The van der Waals surface area contributed by atoms with E-state index in [0.717, 1.165) is 19.3 Å². The predicted octanol–water partition coefficient (Wildman–Crippen LogP) is 2.11. The molecule has 2 rings (SSSR count). The van der Waals surface area contributed by atoms with Crippen LogP contribution in [0.15, 0.2) is 12.4 Å². The minimum atomic E-state index is 0.363. The first-order chi connectivity index (χ1) is 7.25. The van der Waals surface area contributed by atoms with E-state index in [-0.39, 0.29) is 0 Å². The second-order valence-electron chi connectivity index (χ2n) is 4.47. The molecule has 1 aromatic heterocycles. The van der Waals surface area contributed by atoms with Crippen molar-refractivity contribution in [3.05, 3.63) is 18.0 Å². The average molecular weight is 206 g/mol. The van der Waals surface area contributed by atoms with Gasteiger partial charge in [-0.3, -0.25) is 9.48 Å². The van der Waals surface area contributed by atoms with Crippen molar-refractivity contribution in [3.63, 3.8) is 0 Å². The van der Waals surface area contributed by atoms with Crippen molar-refractivity contribution in [3.8, 4) is 0 Å². The largest absolute Gasteiger partial charge is 0.299 e. The standard InChI is InChI=1S/C12H18N2O/c1-14-9-10(8-13-14)6-7-12(15)11-4-2-3-5-11/h8-9,11H,2-7H2,1H3. The smallest absolute Gasteiger partial charge is 0.136 e. The highest BCUT2D eigenvalue weighted by Gasteiger charge is 2.21. The van der Waals surface area contributed by atoms with E-state index in [2.05, 4.69) is 5.10 Å². The van der Waals surface area contributed by atoms with E-state index in [9.17, 15) is 4.79 Å². The molecule has 1 aromatic rings. The number of rotatable bonds is 4. The Balaban J connectivity index is 1.80. The molecule has 15 heavy (non-hydrogen) atoms. The molecule has 0 radical (unpaired) electrons. The number of carbonyl (C=O) groups is 1. The summed E-state index contributed by atoms with van der Waals surface area (Å²) in [6, 6.07) is 0. The molecule has 0 atom stereocenters. The predicted molar refractivity (Wildman–Crippen MR) is 58.5 cm³/mol. The SMILES string of the molecule is Cn1cc(CCC(=O)C2CCCC2)cn1. The van der Waals surface area contributed by atoms with Crippen LogP contribution in [0, 0.1) is 5.92 Å². The third-order valence-corrected chi connectivity index (χ3v) is 3.23. The quantitative estimate of drug-likeness (QED) is 0.756. The van der Waals surface area contributed by atoms with Crippen molar-refractivity contribution in [2.75, 3.05) is 0 Å². The molecule has 1 aliphatic rings. The van der Waals surface area contributed by atoms with Crippen LogP contribution in [0.4, 0.5) is 0 Å². The fourth-order valence-electron chi connectivity index (χ4n) is 2.32. The molecule has 82 valence electrons. The summed E-state index contributed by atoms with van der Waals surface area (Å²) >= 11 is 0. The first-order valence-electron chi connectivity index (χ1n) is 5.76. The maximum Gasteiger partial charge on any atom is 0.136 e. The van der Waals surface area contributed by atoms with Crippen LogP contribution in [-0.4, -0.2) is 15.6 Å². The van der Waals surface area contributed by atoms with Gasteiger partial charge in [0.2, 0.25) is 0 Å². The van der Waals surface area contributed by atoms with Crippen molar-refractivity contribution in [1.29, 1.82) is 0 Å². The summed E-state index contributed by atoms with van der Waals surface area (Å²) in [5.74, 6) is 0.818. The summed E-state index contributed by atoms with van der Waals surface area (Å²) in [5.41, 5.74) is 1.17. The Morgan fingerprint density at radius 2 is 2.27 bits per heavy atom. The van der Waals surface area contributed by atoms with E-state index in [0.29, 0.717) is 18.1 Å². The van der Waals surface area contributed by atoms with Crippen LogP contribution in [0.25, 0.3) is 0 Å². The molecular formula is C12H18N2O. The number of hydrogen-bond acceptors (Lipinski definition) is 2. The van der Waals surface area contributed by atoms with Crippen LogP contribution in [0.3, 0.4) is 0 Å². The van der Waals surface area contributed by atoms with E-state index in [1.54, 1.807) is 4.68 Å². The maximum absolute atomic E-state index is 11.8. The number of nitrogens with zero attached hydrogens (tertiary/aromatic N) is 2. The molecule has 1 saturated carbocycles. The lowest BCUT2D eigenvalue weighted by Gasteiger charge is -2.06. The number of carbonyl (C=O) groups excluding carboxylic acids is 1. The number of aryl methyl sites for hydroxylation is 2. The normalized spacial score (nSPS) is 17.1. The molecule has 0 aromatic carbocycles. The van der Waals surface area contributed by atoms with Gasteiger partial charge in [0, 0.05) is 25.6 Å². The van der Waals surface area contributed by atoms with Crippen LogP contribution in [0.2, 0.25) is 0 Å². The van der Waals surface area contributed by atoms with Gasteiger partial charge >= 0.3 is 0 Å². The molecule has 0 amide bonds. The van der Waals surface area contributed by atoms with Crippen LogP contribution in [0.5, 0.6) is 0 Å². The molecule has 1 aliphatic carbocycles. The Morgan fingerprint density at radius 3 is 2.87 bits per heavy atom. The van der Waals surface area contributed by atoms with E-state index in [1.165, 1.54) is 18.4 Å². The first kappa shape index (κ1) is 10.4. The summed E-state index contributed by atoms with van der Waals surface area (Å²) in [5, 5.41) is 4.10. The zero-order valence-corrected chi connectivity index (χ0v) is 9.28. The molecule has 0 aliphatic heterocycles. The fraction of sp³-hybridized carbons (Fsp3) is 0.667. The summed E-state index contributed by atoms with van der Waals surface area (Å²) in [7, 11) is 1.91. The second-order valence-corrected chi connectivity index (χ2v) is 4.47. The van der Waals surface area contributed by atoms with Gasteiger partial charge in [-0.2, -0.15) is 5.10 Å². The van der Waals surface area contributed by atoms with Gasteiger partial charge in [0.15, 0.2) is 0 Å². The topological polar surface area (TPSA) is 34.9 Å². The molecule has 1 fully saturated rings. The fourth-order valence-corrected chi connectivity index (χ4v) is 2.32. The molecule has 1 heterocycles. The molecule has 0 unspecified atom stereocenters. The van der Waals surface area contributed by atoms with E-state index in [1.807, 2.05) is 19.4 Å². The Morgan fingerprint density at radius 1 is 1.53 bits per heavy atom. The van der Waals surface area contributed by atoms with Crippen LogP contribution < -0.4 is 0 Å². The zero-order chi connectivity index (χ0) is 10.7. The number of Topliss-reactive ketones (excluding diaryl/α,β-unsaturated/α-hetero) is 1. The molecular weight excluding hydrogens is 188 g/mol. The van der Waals surface area contributed by atoms with Gasteiger partial charge in [0.25, 0.3) is 0 Å². The van der Waals surface area contributed by atoms with E-state index < -0.39 is 0 Å². The molecule has 3 heteroatoms. The van der Waals surface area contributed by atoms with E-state index >= 15 is 0 Å². The van der Waals surface area contributed by atoms with Gasteiger partial charge in [-0.15, -0.1) is 0 Å². The summed E-state index contributed by atoms with van der Waals surface area (Å²) in [6.07, 6.45) is 10.1. The summed E-state index contributed by atoms with van der Waals surface area (Å²) < 4.78 is 1.79. The Labute approximate surface area is 90.5 Å². The molecule has 0 spiro atoms. The third-order valence-electron chi connectivity index (χ3n) is 3.23. The maximum atomic E-state index is 11.8. The lowest BCUT2D eigenvalue weighted by atomic mass is 9.98. The number of aromatic nitrogens is 2. The van der Waals surface area contributed by atoms with Crippen molar-refractivity contribution in [2.24, 2.45) is 13.0 Å². The van der Waals surface area contributed by atoms with Crippen LogP contribution >= 0.6 is 0 Å². The molecule has 3 nitrogen and oxygen atoms in total. The van der Waals surface area contributed by atoms with Crippen molar-refractivity contribution in [1.82, 2.24) is 9.78 Å². The molecule has 0 saturated heterocycles. The van der Waals surface area contributed by atoms with Crippen molar-refractivity contribution < 1.29 is 4.79 Å². The van der Waals surface area contributed by atoms with Gasteiger partial charge in [0.1, 0.15) is 5.78 Å². The molecule has 0 N–H and O–H groups in total. The minimum absolute atomic E-state index is 0.363. The van der Waals surface area contributed by atoms with Crippen LogP contribution in [-0.2, 0) is 18.3 Å². The summed E-state index contributed by atoms with van der Waals surface area (Å²) in [6.45, 7) is 0. The van der Waals surface area contributed by atoms with Gasteiger partial charge in [0.05, 0.1) is 6.20 Å². The number of ketones is 1. The van der Waals surface area contributed by atoms with Crippen molar-refractivity contribution >= 4 is 5.78 Å². The third kappa shape index (κ3) is 2.67. The highest BCUT2D eigenvalue weighted by Crippen LogP contribution is 2.26. The zero-order valence-electron chi connectivity index (χ0n) is 9.28. The lowest BCUT2D eigenvalue weighted by molar-refractivity contribution is -0.122. The summed E-state index contributed by atoms with van der Waals surface area (Å²) in [4.78, 5) is 11.8. The highest BCUT2D eigenvalue weighted by molar-refractivity contribution is 5.81. The van der Waals surface area contributed by atoms with Crippen molar-refractivity contribution in [2.45, 2.75) is 38.5 Å². The van der Waals surface area contributed by atoms with Gasteiger partial charge in [-0.1, -0.05) is 12.8 Å². The Kier molecular flexibility index (Phi) is 3.19. The van der Waals surface area contributed by atoms with Gasteiger partial charge in [-0.25, -0.2) is 0 Å². The number of hydrogen-bond donors (Lipinski definition) is 0. The van der Waals surface area contributed by atoms with Crippen LogP contribution in [0.1, 0.15) is 37.7 Å². The lowest BCUT2D eigenvalue weighted by Crippen LogP contribution is -2.11. The Hall–Kier alpha value is -1.12. The van der Waals surface area contributed by atoms with Gasteiger partial charge < -0.3 is 0 Å². The monoisotopic (exact) mass is 206 g/mol. The minimum Gasteiger partial charge on any atom is -0.299 e. The highest BCUT2D eigenvalue weighted by atomic mass is 16.1. The first-order valence-corrected chi connectivity index (χ1v) is 5.76. The Bertz CT molecular complexity index is 337.